The number of anilines is 1. The molecular weight excluding hydrogens is 204 g/mol. The van der Waals surface area contributed by atoms with Crippen LogP contribution in [0.15, 0.2) is 12.1 Å². The molecule has 0 aromatic heterocycles. The van der Waals surface area contributed by atoms with E-state index in [0.717, 1.165) is 38.8 Å². The summed E-state index contributed by atoms with van der Waals surface area (Å²) < 4.78 is 0. The summed E-state index contributed by atoms with van der Waals surface area (Å²) in [5.74, 6) is 0. The fourth-order valence-corrected chi connectivity index (χ4v) is 2.89. The number of benzene rings is 1. The van der Waals surface area contributed by atoms with Gasteiger partial charge in [-0.1, -0.05) is 0 Å². The molecular formula is C12H14N2O2. The minimum atomic E-state index is -0.273. The molecule has 16 heavy (non-hydrogen) atoms. The van der Waals surface area contributed by atoms with Crippen LogP contribution in [-0.4, -0.2) is 18.0 Å². The molecule has 0 bridgehead atoms. The van der Waals surface area contributed by atoms with Gasteiger partial charge in [-0.3, -0.25) is 10.1 Å². The Hall–Kier alpha value is -1.58. The third-order valence-electron chi connectivity index (χ3n) is 3.53. The van der Waals surface area contributed by atoms with Gasteiger partial charge < -0.3 is 4.90 Å². The Bertz CT molecular complexity index is 425. The van der Waals surface area contributed by atoms with Crippen LogP contribution in [0.2, 0.25) is 0 Å². The summed E-state index contributed by atoms with van der Waals surface area (Å²) in [5, 5.41) is 10.8. The Morgan fingerprint density at radius 2 is 1.69 bits per heavy atom. The van der Waals surface area contributed by atoms with Gasteiger partial charge in [0.15, 0.2) is 0 Å². The van der Waals surface area contributed by atoms with Crippen LogP contribution >= 0.6 is 0 Å². The van der Waals surface area contributed by atoms with E-state index in [1.165, 1.54) is 16.8 Å². The van der Waals surface area contributed by atoms with Gasteiger partial charge >= 0.3 is 0 Å². The van der Waals surface area contributed by atoms with Crippen molar-refractivity contribution in [3.63, 3.8) is 0 Å². The van der Waals surface area contributed by atoms with Gasteiger partial charge in [0.05, 0.1) is 4.92 Å². The van der Waals surface area contributed by atoms with Crippen molar-refractivity contribution in [1.29, 1.82) is 0 Å². The van der Waals surface area contributed by atoms with Crippen molar-refractivity contribution >= 4 is 11.4 Å². The Labute approximate surface area is 94.0 Å². The molecule has 4 heteroatoms. The third kappa shape index (κ3) is 1.37. The second kappa shape index (κ2) is 3.47. The molecule has 0 saturated carbocycles. The van der Waals surface area contributed by atoms with E-state index >= 15 is 0 Å². The zero-order valence-electron chi connectivity index (χ0n) is 9.11. The van der Waals surface area contributed by atoms with E-state index in [1.807, 2.05) is 0 Å². The van der Waals surface area contributed by atoms with E-state index in [0.29, 0.717) is 0 Å². The fourth-order valence-electron chi connectivity index (χ4n) is 2.89. The summed E-state index contributed by atoms with van der Waals surface area (Å²) in [5.41, 5.74) is 3.91. The van der Waals surface area contributed by atoms with Crippen LogP contribution in [0.5, 0.6) is 0 Å². The lowest BCUT2D eigenvalue weighted by atomic mass is 9.91. The van der Waals surface area contributed by atoms with Gasteiger partial charge in [0.25, 0.3) is 5.69 Å². The highest BCUT2D eigenvalue weighted by atomic mass is 16.6. The Morgan fingerprint density at radius 1 is 1.12 bits per heavy atom. The summed E-state index contributed by atoms with van der Waals surface area (Å²) in [6, 6.07) is 3.52. The van der Waals surface area contributed by atoms with E-state index in [2.05, 4.69) is 4.90 Å². The first-order valence-corrected chi connectivity index (χ1v) is 5.81. The average molecular weight is 218 g/mol. The van der Waals surface area contributed by atoms with Crippen LogP contribution in [0.25, 0.3) is 0 Å². The maximum absolute atomic E-state index is 10.8. The van der Waals surface area contributed by atoms with Gasteiger partial charge in [-0.05, 0) is 36.8 Å². The number of nitro groups is 1. The minimum absolute atomic E-state index is 0.262. The molecule has 84 valence electrons. The van der Waals surface area contributed by atoms with Crippen LogP contribution in [0.4, 0.5) is 11.4 Å². The first kappa shape index (κ1) is 9.63. The SMILES string of the molecule is O=[N+]([O-])c1cc2c3c(c1)CCCN3CCC2. The van der Waals surface area contributed by atoms with Gasteiger partial charge in [-0.2, -0.15) is 0 Å². The maximum atomic E-state index is 10.8. The number of aryl methyl sites for hydroxylation is 2. The maximum Gasteiger partial charge on any atom is 0.270 e. The predicted octanol–water partition coefficient (Wildman–Crippen LogP) is 2.29. The van der Waals surface area contributed by atoms with Crippen LogP contribution in [-0.2, 0) is 12.8 Å². The molecule has 0 spiro atoms. The number of non-ortho nitro benzene ring substituents is 1. The summed E-state index contributed by atoms with van der Waals surface area (Å²) in [6.45, 7) is 2.22. The second-order valence-electron chi connectivity index (χ2n) is 4.56. The molecule has 0 amide bonds. The number of rotatable bonds is 1. The second-order valence-corrected chi connectivity index (χ2v) is 4.56. The van der Waals surface area contributed by atoms with Crippen molar-refractivity contribution < 1.29 is 4.92 Å². The molecule has 0 aliphatic carbocycles. The van der Waals surface area contributed by atoms with Crippen LogP contribution in [0.1, 0.15) is 24.0 Å². The molecule has 4 nitrogen and oxygen atoms in total. The standard InChI is InChI=1S/C12H14N2O2/c15-14(16)11-7-9-3-1-5-13-6-2-4-10(8-11)12(9)13/h7-8H,1-6H2. The number of nitro benzene ring substituents is 1. The number of hydrogen-bond donors (Lipinski definition) is 0. The van der Waals surface area contributed by atoms with Crippen molar-refractivity contribution in [2.75, 3.05) is 18.0 Å². The molecule has 0 atom stereocenters. The van der Waals surface area contributed by atoms with Crippen LogP contribution in [0, 0.1) is 10.1 Å². The van der Waals surface area contributed by atoms with E-state index in [4.69, 9.17) is 0 Å². The summed E-state index contributed by atoms with van der Waals surface area (Å²) in [7, 11) is 0. The summed E-state index contributed by atoms with van der Waals surface area (Å²) >= 11 is 0. The fraction of sp³-hybridized carbons (Fsp3) is 0.500. The highest BCUT2D eigenvalue weighted by molar-refractivity contribution is 5.66. The van der Waals surface area contributed by atoms with Crippen molar-refractivity contribution in [1.82, 2.24) is 0 Å². The molecule has 0 unspecified atom stereocenters. The van der Waals surface area contributed by atoms with E-state index in [9.17, 15) is 10.1 Å². The largest absolute Gasteiger partial charge is 0.371 e. The number of hydrogen-bond acceptors (Lipinski definition) is 3. The van der Waals surface area contributed by atoms with Crippen molar-refractivity contribution in [3.05, 3.63) is 33.4 Å². The van der Waals surface area contributed by atoms with Crippen molar-refractivity contribution in [2.24, 2.45) is 0 Å². The first-order chi connectivity index (χ1) is 7.75. The Kier molecular flexibility index (Phi) is 2.09. The molecule has 3 rings (SSSR count). The minimum Gasteiger partial charge on any atom is -0.371 e. The monoisotopic (exact) mass is 218 g/mol. The molecule has 0 fully saturated rings. The van der Waals surface area contributed by atoms with Gasteiger partial charge in [0, 0.05) is 30.9 Å². The van der Waals surface area contributed by atoms with Gasteiger partial charge in [-0.15, -0.1) is 0 Å². The van der Waals surface area contributed by atoms with E-state index in [-0.39, 0.29) is 10.6 Å². The molecule has 0 saturated heterocycles. The smallest absolute Gasteiger partial charge is 0.270 e. The Morgan fingerprint density at radius 3 is 2.19 bits per heavy atom. The molecule has 2 aliphatic rings. The highest BCUT2D eigenvalue weighted by Gasteiger charge is 2.26. The summed E-state index contributed by atoms with van der Waals surface area (Å²) in [6.07, 6.45) is 4.21. The normalized spacial score (nSPS) is 18.1. The van der Waals surface area contributed by atoms with Crippen molar-refractivity contribution in [3.8, 4) is 0 Å². The van der Waals surface area contributed by atoms with Gasteiger partial charge in [0.2, 0.25) is 0 Å². The van der Waals surface area contributed by atoms with Gasteiger partial charge in [-0.25, -0.2) is 0 Å². The number of nitrogens with zero attached hydrogens (tertiary/aromatic N) is 2. The molecule has 1 aromatic carbocycles. The lowest BCUT2D eigenvalue weighted by Crippen LogP contribution is -2.34. The molecule has 0 N–H and O–H groups in total. The zero-order chi connectivity index (χ0) is 11.1. The van der Waals surface area contributed by atoms with E-state index in [1.54, 1.807) is 12.1 Å². The Balaban J connectivity index is 2.17. The molecule has 2 aliphatic heterocycles. The summed E-state index contributed by atoms with van der Waals surface area (Å²) in [4.78, 5) is 13.0. The highest BCUT2D eigenvalue weighted by Crippen LogP contribution is 2.37. The first-order valence-electron chi connectivity index (χ1n) is 5.81. The lowest BCUT2D eigenvalue weighted by molar-refractivity contribution is -0.385. The van der Waals surface area contributed by atoms with Crippen LogP contribution < -0.4 is 4.90 Å². The predicted molar refractivity (Wildman–Crippen MR) is 62.0 cm³/mol. The lowest BCUT2D eigenvalue weighted by Gasteiger charge is -2.36. The van der Waals surface area contributed by atoms with Gasteiger partial charge in [0.1, 0.15) is 0 Å². The topological polar surface area (TPSA) is 46.4 Å². The molecule has 1 aromatic rings. The average Bonchev–Trinajstić information content (AvgIpc) is 2.29. The zero-order valence-corrected chi connectivity index (χ0v) is 9.11. The van der Waals surface area contributed by atoms with E-state index < -0.39 is 0 Å². The third-order valence-corrected chi connectivity index (χ3v) is 3.53. The molecule has 2 heterocycles. The van der Waals surface area contributed by atoms with Crippen molar-refractivity contribution in [2.45, 2.75) is 25.7 Å². The molecule has 0 radical (unpaired) electrons. The van der Waals surface area contributed by atoms with Crippen LogP contribution in [0.3, 0.4) is 0 Å². The quantitative estimate of drug-likeness (QED) is 0.536.